The molecule has 1 aromatic carbocycles. The summed E-state index contributed by atoms with van der Waals surface area (Å²) < 4.78 is 4.10. The van der Waals surface area contributed by atoms with Crippen molar-refractivity contribution in [2.45, 2.75) is 13.3 Å². The van der Waals surface area contributed by atoms with Gasteiger partial charge in [0.1, 0.15) is 5.00 Å². The van der Waals surface area contributed by atoms with E-state index in [9.17, 15) is 4.79 Å². The van der Waals surface area contributed by atoms with Crippen molar-refractivity contribution in [2.75, 3.05) is 5.32 Å². The van der Waals surface area contributed by atoms with Crippen LogP contribution in [0.4, 0.5) is 5.00 Å². The Bertz CT molecular complexity index is 539. The highest BCUT2D eigenvalue weighted by Crippen LogP contribution is 2.18. The van der Waals surface area contributed by atoms with E-state index in [1.165, 1.54) is 11.5 Å². The van der Waals surface area contributed by atoms with Crippen molar-refractivity contribution >= 4 is 34.0 Å². The Hall–Kier alpha value is -1.39. The average Bonchev–Trinajstić information content (AvgIpc) is 2.67. The van der Waals surface area contributed by atoms with Crippen LogP contribution in [-0.2, 0) is 11.2 Å². The average molecular weight is 267 g/mol. The number of aryl methyl sites for hydroxylation is 1. The van der Waals surface area contributed by atoms with Crippen LogP contribution in [0.5, 0.6) is 0 Å². The van der Waals surface area contributed by atoms with Crippen LogP contribution in [0.3, 0.4) is 0 Å². The summed E-state index contributed by atoms with van der Waals surface area (Å²) in [7, 11) is 0. The molecule has 0 spiro atoms. The summed E-state index contributed by atoms with van der Waals surface area (Å²) >= 11 is 7.26. The van der Waals surface area contributed by atoms with Gasteiger partial charge in [-0.05, 0) is 36.2 Å². The number of anilines is 1. The summed E-state index contributed by atoms with van der Waals surface area (Å²) in [5.41, 5.74) is 1.73. The first-order chi connectivity index (χ1) is 8.15. The number of carbonyl (C=O) groups is 1. The molecule has 2 rings (SSSR count). The quantitative estimate of drug-likeness (QED) is 0.926. The fourth-order valence-electron chi connectivity index (χ4n) is 1.42. The second kappa shape index (κ2) is 5.29. The number of amides is 1. The Morgan fingerprint density at radius 1 is 1.47 bits per heavy atom. The molecule has 1 heterocycles. The lowest BCUT2D eigenvalue weighted by Crippen LogP contribution is -2.13. The number of hydrogen-bond acceptors (Lipinski definition) is 3. The van der Waals surface area contributed by atoms with Crippen LogP contribution in [0.2, 0.25) is 5.02 Å². The minimum atomic E-state index is -0.0817. The fraction of sp³-hybridized carbons (Fsp3) is 0.167. The molecule has 0 fully saturated rings. The van der Waals surface area contributed by atoms with Crippen LogP contribution in [0, 0.1) is 6.92 Å². The minimum Gasteiger partial charge on any atom is -0.316 e. The molecular weight excluding hydrogens is 256 g/mol. The number of carbonyl (C=O) groups excluding carboxylic acids is 1. The molecule has 1 N–H and O–H groups in total. The van der Waals surface area contributed by atoms with Gasteiger partial charge in [-0.25, -0.2) is 0 Å². The molecular formula is C12H11ClN2OS. The molecule has 0 atom stereocenters. The Kier molecular flexibility index (Phi) is 3.76. The van der Waals surface area contributed by atoms with Crippen LogP contribution in [0.1, 0.15) is 11.3 Å². The molecule has 0 aliphatic carbocycles. The van der Waals surface area contributed by atoms with Gasteiger partial charge in [0.2, 0.25) is 5.91 Å². The Morgan fingerprint density at radius 3 is 2.88 bits per heavy atom. The van der Waals surface area contributed by atoms with Crippen LogP contribution >= 0.6 is 23.1 Å². The molecule has 3 nitrogen and oxygen atoms in total. The predicted octanol–water partition coefficient (Wildman–Crippen LogP) is 3.29. The van der Waals surface area contributed by atoms with E-state index in [0.29, 0.717) is 5.02 Å². The number of rotatable bonds is 3. The number of nitrogens with one attached hydrogen (secondary N) is 1. The van der Waals surface area contributed by atoms with Gasteiger partial charge in [-0.15, -0.1) is 0 Å². The summed E-state index contributed by atoms with van der Waals surface area (Å²) in [5.74, 6) is -0.0817. The molecule has 1 amide bonds. The molecule has 0 saturated heterocycles. The van der Waals surface area contributed by atoms with E-state index in [4.69, 9.17) is 11.6 Å². The number of benzene rings is 1. The maximum absolute atomic E-state index is 11.8. The monoisotopic (exact) mass is 266 g/mol. The third kappa shape index (κ3) is 3.28. The number of nitrogens with zero attached hydrogens (tertiary/aromatic N) is 1. The second-order valence-corrected chi connectivity index (χ2v) is 4.86. The van der Waals surface area contributed by atoms with Gasteiger partial charge in [-0.2, -0.15) is 4.37 Å². The van der Waals surface area contributed by atoms with Crippen molar-refractivity contribution in [1.82, 2.24) is 4.37 Å². The van der Waals surface area contributed by atoms with Crippen molar-refractivity contribution in [3.05, 3.63) is 46.6 Å². The fourth-order valence-corrected chi connectivity index (χ4v) is 2.30. The highest BCUT2D eigenvalue weighted by Gasteiger charge is 2.08. The van der Waals surface area contributed by atoms with Crippen molar-refractivity contribution < 1.29 is 4.79 Å². The van der Waals surface area contributed by atoms with Crippen molar-refractivity contribution in [3.63, 3.8) is 0 Å². The SMILES string of the molecule is Cc1cc(NC(=O)Cc2ccccc2Cl)sn1. The maximum Gasteiger partial charge on any atom is 0.229 e. The maximum atomic E-state index is 11.8. The Labute approximate surface area is 109 Å². The lowest BCUT2D eigenvalue weighted by Gasteiger charge is -2.03. The van der Waals surface area contributed by atoms with E-state index in [-0.39, 0.29) is 12.3 Å². The predicted molar refractivity (Wildman–Crippen MR) is 70.6 cm³/mol. The molecule has 0 radical (unpaired) electrons. The zero-order valence-electron chi connectivity index (χ0n) is 9.24. The molecule has 17 heavy (non-hydrogen) atoms. The van der Waals surface area contributed by atoms with Gasteiger partial charge in [-0.1, -0.05) is 29.8 Å². The molecule has 2 aromatic rings. The largest absolute Gasteiger partial charge is 0.316 e. The van der Waals surface area contributed by atoms with E-state index in [1.54, 1.807) is 6.07 Å². The van der Waals surface area contributed by atoms with E-state index in [0.717, 1.165) is 16.3 Å². The summed E-state index contributed by atoms with van der Waals surface area (Å²) in [5, 5.41) is 4.17. The Balaban J connectivity index is 2.01. The van der Waals surface area contributed by atoms with Crippen LogP contribution < -0.4 is 5.32 Å². The first-order valence-electron chi connectivity index (χ1n) is 5.12. The lowest BCUT2D eigenvalue weighted by molar-refractivity contribution is -0.115. The zero-order valence-corrected chi connectivity index (χ0v) is 10.8. The van der Waals surface area contributed by atoms with Gasteiger partial charge in [0.15, 0.2) is 0 Å². The Morgan fingerprint density at radius 2 is 2.24 bits per heavy atom. The van der Waals surface area contributed by atoms with Crippen molar-refractivity contribution in [1.29, 1.82) is 0 Å². The number of aromatic nitrogens is 1. The molecule has 1 aromatic heterocycles. The second-order valence-electron chi connectivity index (χ2n) is 3.65. The molecule has 0 saturated carbocycles. The molecule has 0 unspecified atom stereocenters. The van der Waals surface area contributed by atoms with Crippen molar-refractivity contribution in [3.8, 4) is 0 Å². The normalized spacial score (nSPS) is 10.2. The number of halogens is 1. The first-order valence-corrected chi connectivity index (χ1v) is 6.27. The third-order valence-corrected chi connectivity index (χ3v) is 3.36. The lowest BCUT2D eigenvalue weighted by atomic mass is 10.1. The highest BCUT2D eigenvalue weighted by molar-refractivity contribution is 7.10. The topological polar surface area (TPSA) is 42.0 Å². The van der Waals surface area contributed by atoms with E-state index < -0.39 is 0 Å². The van der Waals surface area contributed by atoms with Gasteiger partial charge < -0.3 is 5.32 Å². The van der Waals surface area contributed by atoms with Gasteiger partial charge in [-0.3, -0.25) is 4.79 Å². The van der Waals surface area contributed by atoms with Gasteiger partial charge in [0.05, 0.1) is 12.1 Å². The summed E-state index contributed by atoms with van der Waals surface area (Å²) in [6.45, 7) is 1.89. The van der Waals surface area contributed by atoms with Crippen LogP contribution in [-0.4, -0.2) is 10.3 Å². The minimum absolute atomic E-state index is 0.0817. The van der Waals surface area contributed by atoms with Crippen LogP contribution in [0.25, 0.3) is 0 Å². The standard InChI is InChI=1S/C12H11ClN2OS/c1-8-6-12(17-15-8)14-11(16)7-9-4-2-3-5-10(9)13/h2-6H,7H2,1H3,(H,14,16). The molecule has 88 valence electrons. The molecule has 0 bridgehead atoms. The molecule has 0 aliphatic heterocycles. The van der Waals surface area contributed by atoms with E-state index >= 15 is 0 Å². The van der Waals surface area contributed by atoms with Gasteiger partial charge in [0.25, 0.3) is 0 Å². The summed E-state index contributed by atoms with van der Waals surface area (Å²) in [4.78, 5) is 11.8. The smallest absolute Gasteiger partial charge is 0.229 e. The van der Waals surface area contributed by atoms with E-state index in [2.05, 4.69) is 9.69 Å². The van der Waals surface area contributed by atoms with Crippen LogP contribution in [0.15, 0.2) is 30.3 Å². The third-order valence-electron chi connectivity index (χ3n) is 2.20. The zero-order chi connectivity index (χ0) is 12.3. The van der Waals surface area contributed by atoms with Gasteiger partial charge >= 0.3 is 0 Å². The first kappa shape index (κ1) is 12.1. The van der Waals surface area contributed by atoms with E-state index in [1.807, 2.05) is 31.2 Å². The number of hydrogen-bond donors (Lipinski definition) is 1. The van der Waals surface area contributed by atoms with Gasteiger partial charge in [0, 0.05) is 5.02 Å². The molecule has 0 aliphatic rings. The summed E-state index contributed by atoms with van der Waals surface area (Å²) in [6, 6.07) is 9.18. The molecule has 5 heteroatoms. The highest BCUT2D eigenvalue weighted by atomic mass is 35.5. The van der Waals surface area contributed by atoms with Crippen molar-refractivity contribution in [2.24, 2.45) is 0 Å². The summed E-state index contributed by atoms with van der Waals surface area (Å²) in [6.07, 6.45) is 0.274.